The molecule has 2 atom stereocenters. The number of para-hydroxylation sites is 1. The van der Waals surface area contributed by atoms with Crippen LogP contribution in [0.4, 0.5) is 11.5 Å². The Labute approximate surface area is 375 Å². The van der Waals surface area contributed by atoms with E-state index < -0.39 is 29.7 Å². The Morgan fingerprint density at radius 2 is 1.55 bits per heavy atom. The van der Waals surface area contributed by atoms with E-state index in [2.05, 4.69) is 25.5 Å². The summed E-state index contributed by atoms with van der Waals surface area (Å²) >= 11 is 0. The molecule has 6 heterocycles. The summed E-state index contributed by atoms with van der Waals surface area (Å²) in [5.74, 6) is -0.277. The van der Waals surface area contributed by atoms with Gasteiger partial charge in [0.15, 0.2) is 5.65 Å². The van der Waals surface area contributed by atoms with Crippen LogP contribution in [0.15, 0.2) is 79.1 Å². The van der Waals surface area contributed by atoms with E-state index >= 15 is 0 Å². The number of likely N-dealkylation sites (tertiary alicyclic amines) is 1. The smallest absolute Gasteiger partial charge is 0.264 e. The van der Waals surface area contributed by atoms with Crippen molar-refractivity contribution in [3.63, 3.8) is 0 Å². The van der Waals surface area contributed by atoms with Gasteiger partial charge in [0.2, 0.25) is 23.6 Å². The van der Waals surface area contributed by atoms with Gasteiger partial charge in [-0.2, -0.15) is 5.10 Å². The molecule has 0 aliphatic carbocycles. The summed E-state index contributed by atoms with van der Waals surface area (Å²) in [7, 11) is 0. The number of anilines is 2. The SMILES string of the molecule is Nc1ncnc2c1c(-c1ccc(Oc3ccccc3)cc1)nn2[C@@H]1CCCN(C(=O)CCCN2CCN(C(=O)CCCNc3cccc4c3C(=O)N(C3CCC(=O)NC3=O)C4=O)CC2)C1. The van der Waals surface area contributed by atoms with Crippen LogP contribution in [0.3, 0.4) is 0 Å². The van der Waals surface area contributed by atoms with E-state index in [1.54, 1.807) is 18.2 Å². The number of piperidine rings is 2. The lowest BCUT2D eigenvalue weighted by molar-refractivity contribution is -0.136. The molecule has 4 N–H and O–H groups in total. The minimum Gasteiger partial charge on any atom is -0.457 e. The molecule has 18 heteroatoms. The summed E-state index contributed by atoms with van der Waals surface area (Å²) in [6.07, 6.45) is 5.24. The molecule has 0 saturated carbocycles. The maximum atomic E-state index is 13.6. The quantitative estimate of drug-likeness (QED) is 0.105. The third-order valence-corrected chi connectivity index (χ3v) is 12.7. The summed E-state index contributed by atoms with van der Waals surface area (Å²) in [4.78, 5) is 93.3. The average Bonchev–Trinajstić information content (AvgIpc) is 3.84. The fourth-order valence-corrected chi connectivity index (χ4v) is 9.25. The zero-order valence-electron chi connectivity index (χ0n) is 36.0. The van der Waals surface area contributed by atoms with Crippen molar-refractivity contribution >= 4 is 58.0 Å². The number of nitrogens with one attached hydrogen (secondary N) is 2. The van der Waals surface area contributed by atoms with Crippen LogP contribution >= 0.6 is 0 Å². The van der Waals surface area contributed by atoms with Crippen molar-refractivity contribution in [1.82, 2.24) is 44.7 Å². The molecule has 0 spiro atoms. The highest BCUT2D eigenvalue weighted by Gasteiger charge is 2.45. The fourth-order valence-electron chi connectivity index (χ4n) is 9.25. The number of imide groups is 2. The third-order valence-electron chi connectivity index (χ3n) is 12.7. The van der Waals surface area contributed by atoms with Crippen molar-refractivity contribution in [2.24, 2.45) is 0 Å². The first kappa shape index (κ1) is 43.1. The van der Waals surface area contributed by atoms with Gasteiger partial charge < -0.3 is 25.6 Å². The number of rotatable bonds is 14. The second-order valence-electron chi connectivity index (χ2n) is 16.9. The van der Waals surface area contributed by atoms with Crippen molar-refractivity contribution in [1.29, 1.82) is 0 Å². The molecule has 0 bridgehead atoms. The number of aromatic nitrogens is 4. The van der Waals surface area contributed by atoms with Crippen LogP contribution in [0.5, 0.6) is 11.5 Å². The Bertz CT molecular complexity index is 2630. The van der Waals surface area contributed by atoms with E-state index in [-0.39, 0.29) is 41.8 Å². The van der Waals surface area contributed by atoms with Crippen molar-refractivity contribution in [3.8, 4) is 22.8 Å². The normalized spacial score (nSPS) is 19.1. The summed E-state index contributed by atoms with van der Waals surface area (Å²) in [6, 6.07) is 21.1. The number of amides is 6. The largest absolute Gasteiger partial charge is 0.457 e. The minimum absolute atomic E-state index is 0.0481. The van der Waals surface area contributed by atoms with Gasteiger partial charge in [-0.15, -0.1) is 0 Å². The molecule has 3 aromatic carbocycles. The van der Waals surface area contributed by atoms with Crippen molar-refractivity contribution in [2.45, 2.75) is 63.5 Å². The number of piperazine rings is 1. The molecule has 4 aliphatic heterocycles. The van der Waals surface area contributed by atoms with E-state index in [1.165, 1.54) is 6.33 Å². The number of carbonyl (C=O) groups is 6. The maximum absolute atomic E-state index is 13.6. The van der Waals surface area contributed by atoms with E-state index in [4.69, 9.17) is 15.6 Å². The van der Waals surface area contributed by atoms with Gasteiger partial charge >= 0.3 is 0 Å². The van der Waals surface area contributed by atoms with Crippen LogP contribution in [0.1, 0.15) is 78.1 Å². The summed E-state index contributed by atoms with van der Waals surface area (Å²) in [5.41, 5.74) is 9.45. The molecule has 336 valence electrons. The van der Waals surface area contributed by atoms with Crippen LogP contribution in [0.25, 0.3) is 22.3 Å². The van der Waals surface area contributed by atoms with Gasteiger partial charge in [-0.1, -0.05) is 24.3 Å². The second kappa shape index (κ2) is 18.9. The summed E-state index contributed by atoms with van der Waals surface area (Å²) < 4.78 is 7.90. The Morgan fingerprint density at radius 1 is 0.800 bits per heavy atom. The number of nitrogens with two attached hydrogens (primary N) is 1. The first-order valence-corrected chi connectivity index (χ1v) is 22.3. The Hall–Kier alpha value is -7.21. The molecule has 4 aliphatic rings. The molecule has 1 unspecified atom stereocenters. The Kier molecular flexibility index (Phi) is 12.5. The molecule has 0 radical (unpaired) electrons. The number of hydrogen-bond acceptors (Lipinski definition) is 13. The molecule has 18 nitrogen and oxygen atoms in total. The van der Waals surface area contributed by atoms with E-state index in [0.717, 1.165) is 48.7 Å². The predicted molar refractivity (Wildman–Crippen MR) is 240 cm³/mol. The third kappa shape index (κ3) is 9.11. The molecule has 65 heavy (non-hydrogen) atoms. The first-order valence-electron chi connectivity index (χ1n) is 22.3. The molecule has 6 amide bonds. The molecular weight excluding hydrogens is 831 g/mol. The number of carbonyl (C=O) groups excluding carboxylic acids is 6. The minimum atomic E-state index is -1.04. The van der Waals surface area contributed by atoms with Gasteiger partial charge in [-0.3, -0.25) is 43.9 Å². The number of nitrogens with zero attached hydrogens (tertiary/aromatic N) is 8. The van der Waals surface area contributed by atoms with Gasteiger partial charge in [-0.05, 0) is 87.2 Å². The average molecular weight is 882 g/mol. The first-order chi connectivity index (χ1) is 31.6. The predicted octanol–water partition coefficient (Wildman–Crippen LogP) is 4.25. The lowest BCUT2D eigenvalue weighted by Crippen LogP contribution is -2.54. The van der Waals surface area contributed by atoms with E-state index in [9.17, 15) is 28.8 Å². The number of hydrogen-bond donors (Lipinski definition) is 3. The zero-order chi connectivity index (χ0) is 45.0. The number of fused-ring (bicyclic) bond motifs is 2. The molecule has 3 fully saturated rings. The molecule has 5 aromatic rings. The molecular formula is C47H51N11O7. The van der Waals surface area contributed by atoms with Gasteiger partial charge in [-0.25, -0.2) is 14.6 Å². The highest BCUT2D eigenvalue weighted by atomic mass is 16.5. The van der Waals surface area contributed by atoms with Crippen molar-refractivity contribution < 1.29 is 33.5 Å². The van der Waals surface area contributed by atoms with E-state index in [0.29, 0.717) is 92.4 Å². The van der Waals surface area contributed by atoms with Crippen LogP contribution in [-0.4, -0.2) is 133 Å². The van der Waals surface area contributed by atoms with Crippen molar-refractivity contribution in [3.05, 3.63) is 90.3 Å². The highest BCUT2D eigenvalue weighted by molar-refractivity contribution is 6.25. The lowest BCUT2D eigenvalue weighted by Gasteiger charge is -2.35. The van der Waals surface area contributed by atoms with E-state index in [1.807, 2.05) is 69.1 Å². The number of benzene rings is 3. The Balaban J connectivity index is 0.716. The summed E-state index contributed by atoms with van der Waals surface area (Å²) in [6.45, 7) is 5.03. The zero-order valence-corrected chi connectivity index (χ0v) is 36.0. The fraction of sp³-hybridized carbons (Fsp3) is 0.383. The van der Waals surface area contributed by atoms with Gasteiger partial charge in [0.05, 0.1) is 22.6 Å². The van der Waals surface area contributed by atoms with Crippen LogP contribution in [-0.2, 0) is 19.2 Å². The van der Waals surface area contributed by atoms with Crippen LogP contribution in [0, 0.1) is 0 Å². The second-order valence-corrected chi connectivity index (χ2v) is 16.9. The Morgan fingerprint density at radius 3 is 2.34 bits per heavy atom. The van der Waals surface area contributed by atoms with Gasteiger partial charge in [0.1, 0.15) is 35.4 Å². The molecule has 2 aromatic heterocycles. The van der Waals surface area contributed by atoms with Crippen LogP contribution in [0.2, 0.25) is 0 Å². The van der Waals surface area contributed by atoms with Crippen molar-refractivity contribution in [2.75, 3.05) is 63.4 Å². The molecule has 3 saturated heterocycles. The topological polar surface area (TPSA) is 218 Å². The van der Waals surface area contributed by atoms with Crippen LogP contribution < -0.4 is 21.1 Å². The van der Waals surface area contributed by atoms with Gasteiger partial charge in [0.25, 0.3) is 11.8 Å². The highest BCUT2D eigenvalue weighted by Crippen LogP contribution is 2.36. The van der Waals surface area contributed by atoms with Gasteiger partial charge in [0, 0.05) is 76.3 Å². The summed E-state index contributed by atoms with van der Waals surface area (Å²) in [5, 5.41) is 11.1. The maximum Gasteiger partial charge on any atom is 0.264 e. The number of nitrogen functional groups attached to an aromatic ring is 1. The molecule has 9 rings (SSSR count). The number of ether oxygens (including phenoxy) is 1. The lowest BCUT2D eigenvalue weighted by atomic mass is 10.0. The monoisotopic (exact) mass is 881 g/mol. The standard InChI is InChI=1S/C47H51N11O7/c48-43-41-42(30-15-17-33(18-16-30)65-32-9-2-1-3-10-32)53-58(44(41)51-29-50-43)31-8-6-23-56(28-31)39(61)14-7-22-54-24-26-55(27-25-54)38(60)13-5-21-49-35-12-4-11-34-40(35)47(64)57(46(34)63)36-19-20-37(59)52-45(36)62/h1-4,9-12,15-18,29,31,36,49H,5-8,13-14,19-28H2,(H2,48,50,51)(H,52,59,62)/t31-,36?/m1/s1.